The molecule has 0 radical (unpaired) electrons. The van der Waals surface area contributed by atoms with Gasteiger partial charge >= 0.3 is 0 Å². The Bertz CT molecular complexity index is 538. The Hall–Kier alpha value is -1.91. The molecule has 0 spiro atoms. The topological polar surface area (TPSA) is 68.9 Å². The molecule has 5 nitrogen and oxygen atoms in total. The Morgan fingerprint density at radius 1 is 1.24 bits per heavy atom. The number of guanidine groups is 1. The number of ether oxygens (including phenoxy) is 2. The molecule has 1 heterocycles. The molecule has 0 aromatic heterocycles. The molecule has 3 rings (SSSR count). The summed E-state index contributed by atoms with van der Waals surface area (Å²) in [4.78, 5) is 4.46. The summed E-state index contributed by atoms with van der Waals surface area (Å²) in [6, 6.07) is 5.75. The van der Waals surface area contributed by atoms with Crippen LogP contribution in [0.3, 0.4) is 0 Å². The molecule has 5 heteroatoms. The van der Waals surface area contributed by atoms with Crippen LogP contribution in [0.5, 0.6) is 11.5 Å². The van der Waals surface area contributed by atoms with E-state index in [0.717, 1.165) is 30.2 Å². The largest absolute Gasteiger partial charge is 0.490 e. The summed E-state index contributed by atoms with van der Waals surface area (Å²) in [6.07, 6.45) is 4.70. The lowest BCUT2D eigenvalue weighted by molar-refractivity contribution is 0.174. The van der Waals surface area contributed by atoms with Crippen molar-refractivity contribution >= 4 is 11.6 Å². The second-order valence-corrected chi connectivity index (χ2v) is 6.20. The van der Waals surface area contributed by atoms with Crippen LogP contribution >= 0.6 is 0 Å². The van der Waals surface area contributed by atoms with E-state index in [9.17, 15) is 0 Å². The van der Waals surface area contributed by atoms with Gasteiger partial charge in [0.15, 0.2) is 17.5 Å². The number of nitrogens with one attached hydrogen (secondary N) is 1. The maximum Gasteiger partial charge on any atom is 0.193 e. The zero-order valence-electron chi connectivity index (χ0n) is 12.5. The van der Waals surface area contributed by atoms with Crippen LogP contribution in [0.2, 0.25) is 0 Å². The third-order valence-corrected chi connectivity index (χ3v) is 4.21. The Balaban J connectivity index is 1.64. The predicted molar refractivity (Wildman–Crippen MR) is 84.1 cm³/mol. The summed E-state index contributed by atoms with van der Waals surface area (Å²) in [5.74, 6) is 2.00. The lowest BCUT2D eigenvalue weighted by Crippen LogP contribution is -2.31. The second-order valence-electron chi connectivity index (χ2n) is 6.20. The SMILES string of the molecule is CC1(CN=C(N)Nc2ccc3c(c2)OCCCO3)CCC1. The van der Waals surface area contributed by atoms with Gasteiger partial charge in [0.1, 0.15) is 0 Å². The fraction of sp³-hybridized carbons (Fsp3) is 0.562. The summed E-state index contributed by atoms with van der Waals surface area (Å²) >= 11 is 0. The van der Waals surface area contributed by atoms with E-state index < -0.39 is 0 Å². The summed E-state index contributed by atoms with van der Waals surface area (Å²) < 4.78 is 11.3. The first kappa shape index (κ1) is 14.0. The first-order valence-corrected chi connectivity index (χ1v) is 7.61. The Morgan fingerprint density at radius 3 is 2.71 bits per heavy atom. The molecule has 114 valence electrons. The van der Waals surface area contributed by atoms with Crippen molar-refractivity contribution in [1.82, 2.24) is 0 Å². The van der Waals surface area contributed by atoms with E-state index in [0.29, 0.717) is 24.6 Å². The van der Waals surface area contributed by atoms with Crippen molar-refractivity contribution in [3.63, 3.8) is 0 Å². The van der Waals surface area contributed by atoms with Gasteiger partial charge in [-0.2, -0.15) is 0 Å². The van der Waals surface area contributed by atoms with E-state index >= 15 is 0 Å². The van der Waals surface area contributed by atoms with Gasteiger partial charge in [-0.05, 0) is 30.4 Å². The molecule has 3 N–H and O–H groups in total. The number of hydrogen-bond donors (Lipinski definition) is 2. The van der Waals surface area contributed by atoms with Gasteiger partial charge in [0, 0.05) is 24.7 Å². The molecular formula is C16H23N3O2. The van der Waals surface area contributed by atoms with Gasteiger partial charge in [-0.25, -0.2) is 0 Å². The van der Waals surface area contributed by atoms with Gasteiger partial charge in [0.2, 0.25) is 0 Å². The van der Waals surface area contributed by atoms with Crippen LogP contribution in [0.15, 0.2) is 23.2 Å². The molecule has 21 heavy (non-hydrogen) atoms. The molecule has 0 bridgehead atoms. The monoisotopic (exact) mass is 289 g/mol. The molecule has 0 atom stereocenters. The average Bonchev–Trinajstić information content (AvgIpc) is 2.68. The average molecular weight is 289 g/mol. The number of fused-ring (bicyclic) bond motifs is 1. The molecule has 0 saturated heterocycles. The molecule has 1 fully saturated rings. The molecule has 0 unspecified atom stereocenters. The van der Waals surface area contributed by atoms with Crippen molar-refractivity contribution in [3.8, 4) is 11.5 Å². The van der Waals surface area contributed by atoms with Gasteiger partial charge < -0.3 is 20.5 Å². The quantitative estimate of drug-likeness (QED) is 0.663. The first-order valence-electron chi connectivity index (χ1n) is 7.61. The van der Waals surface area contributed by atoms with Gasteiger partial charge in [-0.1, -0.05) is 13.3 Å². The number of rotatable bonds is 3. The van der Waals surface area contributed by atoms with Crippen LogP contribution in [0.1, 0.15) is 32.6 Å². The molecular weight excluding hydrogens is 266 g/mol. The second kappa shape index (κ2) is 5.84. The van der Waals surface area contributed by atoms with Crippen LogP contribution in [-0.2, 0) is 0 Å². The Morgan fingerprint density at radius 2 is 2.00 bits per heavy atom. The van der Waals surface area contributed by atoms with Crippen molar-refractivity contribution in [2.24, 2.45) is 16.1 Å². The minimum absolute atomic E-state index is 0.344. The van der Waals surface area contributed by atoms with Crippen molar-refractivity contribution in [3.05, 3.63) is 18.2 Å². The molecule has 1 aromatic rings. The molecule has 1 aromatic carbocycles. The number of anilines is 1. The van der Waals surface area contributed by atoms with Gasteiger partial charge in [-0.3, -0.25) is 4.99 Å². The number of benzene rings is 1. The third-order valence-electron chi connectivity index (χ3n) is 4.21. The van der Waals surface area contributed by atoms with Crippen LogP contribution < -0.4 is 20.5 Å². The predicted octanol–water partition coefficient (Wildman–Crippen LogP) is 2.76. The summed E-state index contributed by atoms with van der Waals surface area (Å²) in [6.45, 7) is 4.43. The summed E-state index contributed by atoms with van der Waals surface area (Å²) in [5.41, 5.74) is 7.18. The Kier molecular flexibility index (Phi) is 3.90. The van der Waals surface area contributed by atoms with Crippen molar-refractivity contribution in [2.75, 3.05) is 25.1 Å². The van der Waals surface area contributed by atoms with Gasteiger partial charge in [0.05, 0.1) is 13.2 Å². The van der Waals surface area contributed by atoms with Crippen LogP contribution in [0.25, 0.3) is 0 Å². The highest BCUT2D eigenvalue weighted by Crippen LogP contribution is 2.40. The number of nitrogens with two attached hydrogens (primary N) is 1. The first-order chi connectivity index (χ1) is 10.1. The molecule has 0 amide bonds. The fourth-order valence-electron chi connectivity index (χ4n) is 2.64. The van der Waals surface area contributed by atoms with E-state index in [1.54, 1.807) is 0 Å². The summed E-state index contributed by atoms with van der Waals surface area (Å²) in [7, 11) is 0. The highest BCUT2D eigenvalue weighted by atomic mass is 16.5. The fourth-order valence-corrected chi connectivity index (χ4v) is 2.64. The minimum atomic E-state index is 0.344. The molecule has 2 aliphatic rings. The number of nitrogens with zero attached hydrogens (tertiary/aromatic N) is 1. The maximum absolute atomic E-state index is 5.97. The van der Waals surface area contributed by atoms with Crippen molar-refractivity contribution in [2.45, 2.75) is 32.6 Å². The zero-order valence-corrected chi connectivity index (χ0v) is 12.5. The number of hydrogen-bond acceptors (Lipinski definition) is 3. The minimum Gasteiger partial charge on any atom is -0.490 e. The van der Waals surface area contributed by atoms with Crippen LogP contribution in [0.4, 0.5) is 5.69 Å². The van der Waals surface area contributed by atoms with E-state index in [2.05, 4.69) is 17.2 Å². The lowest BCUT2D eigenvalue weighted by atomic mass is 9.71. The van der Waals surface area contributed by atoms with E-state index in [4.69, 9.17) is 15.2 Å². The lowest BCUT2D eigenvalue weighted by Gasteiger charge is -2.36. The van der Waals surface area contributed by atoms with Crippen LogP contribution in [0, 0.1) is 5.41 Å². The van der Waals surface area contributed by atoms with E-state index in [-0.39, 0.29) is 0 Å². The highest BCUT2D eigenvalue weighted by Gasteiger charge is 2.31. The van der Waals surface area contributed by atoms with Gasteiger partial charge in [0.25, 0.3) is 0 Å². The van der Waals surface area contributed by atoms with E-state index in [1.807, 2.05) is 18.2 Å². The van der Waals surface area contributed by atoms with Gasteiger partial charge in [-0.15, -0.1) is 0 Å². The highest BCUT2D eigenvalue weighted by molar-refractivity contribution is 5.92. The van der Waals surface area contributed by atoms with Crippen LogP contribution in [-0.4, -0.2) is 25.7 Å². The molecule has 1 saturated carbocycles. The zero-order chi connectivity index (χ0) is 14.7. The maximum atomic E-state index is 5.97. The smallest absolute Gasteiger partial charge is 0.193 e. The van der Waals surface area contributed by atoms with E-state index in [1.165, 1.54) is 19.3 Å². The standard InChI is InChI=1S/C16H23N3O2/c1-16(6-2-7-16)11-18-15(17)19-12-4-5-13-14(10-12)21-9-3-8-20-13/h4-5,10H,2-3,6-9,11H2,1H3,(H3,17,18,19). The molecule has 1 aliphatic carbocycles. The number of aliphatic imine (C=N–C) groups is 1. The van der Waals surface area contributed by atoms with Crippen molar-refractivity contribution < 1.29 is 9.47 Å². The third kappa shape index (κ3) is 3.40. The Labute approximate surface area is 125 Å². The normalized spacial score (nSPS) is 20.3. The molecule has 1 aliphatic heterocycles. The van der Waals surface area contributed by atoms with Crippen molar-refractivity contribution in [1.29, 1.82) is 0 Å². The summed E-state index contributed by atoms with van der Waals surface area (Å²) in [5, 5.41) is 3.13.